The first-order valence-corrected chi connectivity index (χ1v) is 5.25. The number of carbonyl (C=O) groups is 2. The van der Waals surface area contributed by atoms with Gasteiger partial charge in [0.1, 0.15) is 11.8 Å². The fourth-order valence-electron chi connectivity index (χ4n) is 1.57. The lowest BCUT2D eigenvalue weighted by atomic mass is 10.0. The van der Waals surface area contributed by atoms with Gasteiger partial charge in [-0.15, -0.1) is 0 Å². The molecule has 0 saturated heterocycles. The molecule has 1 atom stereocenters. The zero-order valence-corrected chi connectivity index (χ0v) is 9.37. The number of aldehydes is 1. The molecule has 0 spiro atoms. The Morgan fingerprint density at radius 1 is 1.22 bits per heavy atom. The third-order valence-corrected chi connectivity index (χ3v) is 2.56. The molecule has 3 N–H and O–H groups in total. The molecule has 5 heteroatoms. The number of carbonyl (C=O) groups excluding carboxylic acids is 1. The fourth-order valence-corrected chi connectivity index (χ4v) is 1.57. The molecule has 0 bridgehead atoms. The maximum Gasteiger partial charge on any atom is 0.325 e. The number of rotatable bonds is 4. The molecule has 0 radical (unpaired) electrons. The van der Waals surface area contributed by atoms with Crippen LogP contribution in [0.5, 0.6) is 0 Å². The van der Waals surface area contributed by atoms with E-state index in [0.717, 1.165) is 5.56 Å². The topological polar surface area (TPSA) is 93.5 Å². The van der Waals surface area contributed by atoms with Crippen LogP contribution in [0.1, 0.15) is 22.2 Å². The number of nitrogens with two attached hydrogens (primary N) is 1. The first-order chi connectivity index (χ1) is 8.61. The molecule has 18 heavy (non-hydrogen) atoms. The second-order valence-electron chi connectivity index (χ2n) is 3.76. The van der Waals surface area contributed by atoms with Gasteiger partial charge < -0.3 is 15.3 Å². The van der Waals surface area contributed by atoms with Crippen LogP contribution in [-0.2, 0) is 4.79 Å². The molecule has 0 aliphatic carbocycles. The molecule has 0 aliphatic heterocycles. The van der Waals surface area contributed by atoms with Crippen LogP contribution in [0, 0.1) is 0 Å². The highest BCUT2D eigenvalue weighted by Gasteiger charge is 2.14. The zero-order chi connectivity index (χ0) is 13.1. The highest BCUT2D eigenvalue weighted by atomic mass is 16.4. The molecule has 5 nitrogen and oxygen atoms in total. The van der Waals surface area contributed by atoms with E-state index in [-0.39, 0.29) is 5.76 Å². The highest BCUT2D eigenvalue weighted by molar-refractivity contribution is 5.76. The molecule has 0 fully saturated rings. The SMILES string of the molecule is NC(C(=O)O)c1ccc(-c2ccc(C=O)o2)cc1. The van der Waals surface area contributed by atoms with Crippen LogP contribution in [0.15, 0.2) is 40.8 Å². The smallest absolute Gasteiger partial charge is 0.325 e. The number of furan rings is 1. The summed E-state index contributed by atoms with van der Waals surface area (Å²) in [5.74, 6) is -0.284. The predicted molar refractivity (Wildman–Crippen MR) is 64.1 cm³/mol. The number of carboxylic acids is 1. The van der Waals surface area contributed by atoms with Crippen LogP contribution in [0.3, 0.4) is 0 Å². The van der Waals surface area contributed by atoms with Gasteiger partial charge in [-0.05, 0) is 17.7 Å². The molecule has 0 amide bonds. The summed E-state index contributed by atoms with van der Waals surface area (Å²) in [5.41, 5.74) is 6.74. The highest BCUT2D eigenvalue weighted by Crippen LogP contribution is 2.23. The molecule has 1 unspecified atom stereocenters. The number of aliphatic carboxylic acids is 1. The van der Waals surface area contributed by atoms with Crippen LogP contribution < -0.4 is 5.73 Å². The van der Waals surface area contributed by atoms with Crippen molar-refractivity contribution in [1.82, 2.24) is 0 Å². The first-order valence-electron chi connectivity index (χ1n) is 5.25. The summed E-state index contributed by atoms with van der Waals surface area (Å²) >= 11 is 0. The van der Waals surface area contributed by atoms with Crippen LogP contribution >= 0.6 is 0 Å². The van der Waals surface area contributed by atoms with Crippen molar-refractivity contribution in [3.8, 4) is 11.3 Å². The quantitative estimate of drug-likeness (QED) is 0.801. The van der Waals surface area contributed by atoms with Gasteiger partial charge >= 0.3 is 5.97 Å². The molecule has 2 aromatic rings. The first kappa shape index (κ1) is 12.1. The van der Waals surface area contributed by atoms with E-state index < -0.39 is 12.0 Å². The maximum atomic E-state index is 10.7. The molecule has 0 saturated carbocycles. The number of hydrogen-bond acceptors (Lipinski definition) is 4. The Bertz CT molecular complexity index is 571. The summed E-state index contributed by atoms with van der Waals surface area (Å²) in [6, 6.07) is 8.85. The summed E-state index contributed by atoms with van der Waals surface area (Å²) in [5, 5.41) is 8.77. The van der Waals surface area contributed by atoms with E-state index in [4.69, 9.17) is 15.3 Å². The van der Waals surface area contributed by atoms with Gasteiger partial charge in [0.25, 0.3) is 0 Å². The van der Waals surface area contributed by atoms with Gasteiger partial charge in [0.2, 0.25) is 0 Å². The van der Waals surface area contributed by atoms with E-state index in [1.165, 1.54) is 0 Å². The van der Waals surface area contributed by atoms with E-state index >= 15 is 0 Å². The Labute approximate surface area is 103 Å². The normalized spacial score (nSPS) is 12.1. The molecule has 0 aliphatic rings. The fraction of sp³-hybridized carbons (Fsp3) is 0.0769. The Balaban J connectivity index is 2.27. The minimum atomic E-state index is -1.08. The van der Waals surface area contributed by atoms with Crippen molar-refractivity contribution >= 4 is 12.3 Å². The Morgan fingerprint density at radius 3 is 2.39 bits per heavy atom. The van der Waals surface area contributed by atoms with E-state index in [1.807, 2.05) is 0 Å². The third-order valence-electron chi connectivity index (χ3n) is 2.56. The van der Waals surface area contributed by atoms with Crippen molar-refractivity contribution in [3.05, 3.63) is 47.7 Å². The van der Waals surface area contributed by atoms with Gasteiger partial charge in [-0.25, -0.2) is 0 Å². The van der Waals surface area contributed by atoms with Crippen LogP contribution in [0.2, 0.25) is 0 Å². The van der Waals surface area contributed by atoms with E-state index in [0.29, 0.717) is 17.6 Å². The van der Waals surface area contributed by atoms with Gasteiger partial charge in [-0.3, -0.25) is 9.59 Å². The molecule has 1 heterocycles. The lowest BCUT2D eigenvalue weighted by Gasteiger charge is -2.06. The van der Waals surface area contributed by atoms with Gasteiger partial charge in [-0.2, -0.15) is 0 Å². The monoisotopic (exact) mass is 245 g/mol. The number of benzene rings is 1. The van der Waals surface area contributed by atoms with Crippen LogP contribution in [0.4, 0.5) is 0 Å². The maximum absolute atomic E-state index is 10.7. The number of carboxylic acid groups (broad SMARTS) is 1. The molecule has 92 valence electrons. The second-order valence-corrected chi connectivity index (χ2v) is 3.76. The van der Waals surface area contributed by atoms with Gasteiger partial charge in [-0.1, -0.05) is 24.3 Å². The minimum absolute atomic E-state index is 0.247. The molecule has 1 aromatic carbocycles. The minimum Gasteiger partial charge on any atom is -0.480 e. The zero-order valence-electron chi connectivity index (χ0n) is 9.37. The average molecular weight is 245 g/mol. The Hall–Kier alpha value is -2.40. The van der Waals surface area contributed by atoms with Gasteiger partial charge in [0.05, 0.1) is 0 Å². The Kier molecular flexibility index (Phi) is 3.25. The summed E-state index contributed by atoms with van der Waals surface area (Å²) in [6.07, 6.45) is 0.623. The summed E-state index contributed by atoms with van der Waals surface area (Å²) < 4.78 is 5.25. The van der Waals surface area contributed by atoms with Crippen LogP contribution in [-0.4, -0.2) is 17.4 Å². The summed E-state index contributed by atoms with van der Waals surface area (Å²) in [4.78, 5) is 21.2. The van der Waals surface area contributed by atoms with Crippen molar-refractivity contribution in [2.24, 2.45) is 5.73 Å². The lowest BCUT2D eigenvalue weighted by Crippen LogP contribution is -2.20. The van der Waals surface area contributed by atoms with Crippen molar-refractivity contribution in [3.63, 3.8) is 0 Å². The molecular formula is C13H11NO4. The second kappa shape index (κ2) is 4.85. The van der Waals surface area contributed by atoms with Crippen LogP contribution in [0.25, 0.3) is 11.3 Å². The number of hydrogen-bond donors (Lipinski definition) is 2. The molecule has 1 aromatic heterocycles. The van der Waals surface area contributed by atoms with Crippen molar-refractivity contribution in [2.45, 2.75) is 6.04 Å². The largest absolute Gasteiger partial charge is 0.480 e. The van der Waals surface area contributed by atoms with Crippen molar-refractivity contribution in [2.75, 3.05) is 0 Å². The van der Waals surface area contributed by atoms with Gasteiger partial charge in [0, 0.05) is 5.56 Å². The molecular weight excluding hydrogens is 234 g/mol. The molecule has 2 rings (SSSR count). The van der Waals surface area contributed by atoms with E-state index in [1.54, 1.807) is 36.4 Å². The Morgan fingerprint density at radius 2 is 1.89 bits per heavy atom. The lowest BCUT2D eigenvalue weighted by molar-refractivity contribution is -0.138. The summed E-state index contributed by atoms with van der Waals surface area (Å²) in [7, 11) is 0. The van der Waals surface area contributed by atoms with Crippen molar-refractivity contribution < 1.29 is 19.1 Å². The average Bonchev–Trinajstić information content (AvgIpc) is 2.86. The van der Waals surface area contributed by atoms with Crippen molar-refractivity contribution in [1.29, 1.82) is 0 Å². The van der Waals surface area contributed by atoms with E-state index in [2.05, 4.69) is 0 Å². The summed E-state index contributed by atoms with van der Waals surface area (Å²) in [6.45, 7) is 0. The standard InChI is InChI=1S/C13H11NO4/c14-12(13(16)17)9-3-1-8(2-4-9)11-6-5-10(7-15)18-11/h1-7,12H,14H2,(H,16,17). The predicted octanol–water partition coefficient (Wildman–Crippen LogP) is 1.84. The van der Waals surface area contributed by atoms with Gasteiger partial charge in [0.15, 0.2) is 12.0 Å². The third kappa shape index (κ3) is 2.31. The van der Waals surface area contributed by atoms with E-state index in [9.17, 15) is 9.59 Å².